The van der Waals surface area contributed by atoms with Crippen molar-refractivity contribution in [3.63, 3.8) is 0 Å². The fraction of sp³-hybridized carbons (Fsp3) is 0.300. The lowest BCUT2D eigenvalue weighted by atomic mass is 10.1. The third kappa shape index (κ3) is 2.66. The number of carbonyl (C=O) groups excluding carboxylic acids is 1. The van der Waals surface area contributed by atoms with Crippen LogP contribution in [0.4, 0.5) is 4.39 Å². The molecule has 1 rings (SSSR count). The molecular formula is C10H12FNO3. The molecule has 0 saturated heterocycles. The topological polar surface area (TPSA) is 72.5 Å². The Balaban J connectivity index is 2.91. The molecule has 1 unspecified atom stereocenters. The van der Waals surface area contributed by atoms with Crippen LogP contribution in [0.3, 0.4) is 0 Å². The van der Waals surface area contributed by atoms with Crippen molar-refractivity contribution < 1.29 is 19.0 Å². The summed E-state index contributed by atoms with van der Waals surface area (Å²) in [6, 6.07) is 2.25. The fourth-order valence-electron chi connectivity index (χ4n) is 1.13. The van der Waals surface area contributed by atoms with Gasteiger partial charge < -0.3 is 15.6 Å². The number of halogens is 1. The number of rotatable bonds is 3. The van der Waals surface area contributed by atoms with Gasteiger partial charge in [0.2, 0.25) is 0 Å². The standard InChI is InChI=1S/C10H12FNO3/c1-2-15-10(14)9(12)7-4-3-6(13)5-8(7)11/h3-5,9,13H,2,12H2,1H3. The maximum absolute atomic E-state index is 13.3. The largest absolute Gasteiger partial charge is 0.508 e. The minimum Gasteiger partial charge on any atom is -0.508 e. The van der Waals surface area contributed by atoms with E-state index in [0.717, 1.165) is 6.07 Å². The van der Waals surface area contributed by atoms with Gasteiger partial charge in [-0.05, 0) is 13.0 Å². The number of hydrogen-bond acceptors (Lipinski definition) is 4. The molecule has 0 bridgehead atoms. The van der Waals surface area contributed by atoms with Crippen LogP contribution in [-0.4, -0.2) is 17.7 Å². The number of nitrogens with two attached hydrogens (primary N) is 1. The molecule has 0 amide bonds. The smallest absolute Gasteiger partial charge is 0.327 e. The normalized spacial score (nSPS) is 12.2. The van der Waals surface area contributed by atoms with E-state index in [1.165, 1.54) is 12.1 Å². The highest BCUT2D eigenvalue weighted by atomic mass is 19.1. The summed E-state index contributed by atoms with van der Waals surface area (Å²) in [5.41, 5.74) is 5.49. The van der Waals surface area contributed by atoms with Gasteiger partial charge >= 0.3 is 5.97 Å². The second kappa shape index (κ2) is 4.75. The van der Waals surface area contributed by atoms with Gasteiger partial charge in [-0.2, -0.15) is 0 Å². The summed E-state index contributed by atoms with van der Waals surface area (Å²) in [5.74, 6) is -1.63. The molecule has 5 heteroatoms. The van der Waals surface area contributed by atoms with Crippen LogP contribution >= 0.6 is 0 Å². The summed E-state index contributed by atoms with van der Waals surface area (Å²) in [6.45, 7) is 1.82. The molecule has 0 aliphatic heterocycles. The van der Waals surface area contributed by atoms with E-state index in [9.17, 15) is 9.18 Å². The Labute approximate surface area is 86.5 Å². The van der Waals surface area contributed by atoms with Crippen LogP contribution in [0, 0.1) is 5.82 Å². The first-order valence-electron chi connectivity index (χ1n) is 4.47. The second-order valence-corrected chi connectivity index (χ2v) is 2.94. The third-order valence-corrected chi connectivity index (χ3v) is 1.86. The Morgan fingerprint density at radius 2 is 2.33 bits per heavy atom. The third-order valence-electron chi connectivity index (χ3n) is 1.86. The molecule has 0 fully saturated rings. The molecular weight excluding hydrogens is 201 g/mol. The lowest BCUT2D eigenvalue weighted by molar-refractivity contribution is -0.144. The Hall–Kier alpha value is -1.62. The second-order valence-electron chi connectivity index (χ2n) is 2.94. The van der Waals surface area contributed by atoms with E-state index in [1.54, 1.807) is 6.92 Å². The number of phenols is 1. The zero-order valence-electron chi connectivity index (χ0n) is 8.24. The van der Waals surface area contributed by atoms with Crippen molar-refractivity contribution in [3.05, 3.63) is 29.6 Å². The molecule has 0 heterocycles. The van der Waals surface area contributed by atoms with Gasteiger partial charge in [-0.3, -0.25) is 0 Å². The molecule has 0 saturated carbocycles. The Kier molecular flexibility index (Phi) is 3.62. The molecule has 0 radical (unpaired) electrons. The number of hydrogen-bond donors (Lipinski definition) is 2. The summed E-state index contributed by atoms with van der Waals surface area (Å²) in [4.78, 5) is 11.2. The van der Waals surface area contributed by atoms with E-state index >= 15 is 0 Å². The van der Waals surface area contributed by atoms with E-state index in [1.807, 2.05) is 0 Å². The minimum atomic E-state index is -1.16. The number of esters is 1. The summed E-state index contributed by atoms with van der Waals surface area (Å²) < 4.78 is 17.9. The average molecular weight is 213 g/mol. The van der Waals surface area contributed by atoms with E-state index in [4.69, 9.17) is 10.8 Å². The van der Waals surface area contributed by atoms with E-state index in [-0.39, 0.29) is 17.9 Å². The van der Waals surface area contributed by atoms with Gasteiger partial charge in [-0.1, -0.05) is 6.07 Å². The number of carbonyl (C=O) groups is 1. The predicted octanol–water partition coefficient (Wildman–Crippen LogP) is 1.09. The number of ether oxygens (including phenoxy) is 1. The highest BCUT2D eigenvalue weighted by Gasteiger charge is 2.20. The zero-order valence-corrected chi connectivity index (χ0v) is 8.24. The van der Waals surface area contributed by atoms with Crippen LogP contribution in [0.2, 0.25) is 0 Å². The van der Waals surface area contributed by atoms with E-state index in [2.05, 4.69) is 4.74 Å². The Bertz CT molecular complexity index is 368. The zero-order chi connectivity index (χ0) is 11.4. The molecule has 4 nitrogen and oxygen atoms in total. The Morgan fingerprint density at radius 3 is 2.87 bits per heavy atom. The van der Waals surface area contributed by atoms with Gasteiger partial charge in [0, 0.05) is 11.6 Å². The van der Waals surface area contributed by atoms with Crippen LogP contribution < -0.4 is 5.73 Å². The van der Waals surface area contributed by atoms with Gasteiger partial charge in [0.15, 0.2) is 0 Å². The first kappa shape index (κ1) is 11.5. The molecule has 0 aliphatic carbocycles. The number of aromatic hydroxyl groups is 1. The maximum Gasteiger partial charge on any atom is 0.327 e. The van der Waals surface area contributed by atoms with Crippen molar-refractivity contribution in [2.45, 2.75) is 13.0 Å². The maximum atomic E-state index is 13.3. The fourth-order valence-corrected chi connectivity index (χ4v) is 1.13. The molecule has 0 spiro atoms. The van der Waals surface area contributed by atoms with Crippen molar-refractivity contribution >= 4 is 5.97 Å². The number of benzene rings is 1. The van der Waals surface area contributed by atoms with Gasteiger partial charge in [0.25, 0.3) is 0 Å². The van der Waals surface area contributed by atoms with Gasteiger partial charge in [0.05, 0.1) is 6.61 Å². The molecule has 82 valence electrons. The van der Waals surface area contributed by atoms with Gasteiger partial charge in [0.1, 0.15) is 17.6 Å². The van der Waals surface area contributed by atoms with E-state index in [0.29, 0.717) is 0 Å². The highest BCUT2D eigenvalue weighted by molar-refractivity contribution is 5.77. The van der Waals surface area contributed by atoms with Crippen molar-refractivity contribution in [2.75, 3.05) is 6.61 Å². The van der Waals surface area contributed by atoms with Crippen molar-refractivity contribution in [1.82, 2.24) is 0 Å². The highest BCUT2D eigenvalue weighted by Crippen LogP contribution is 2.20. The summed E-state index contributed by atoms with van der Waals surface area (Å²) in [6.07, 6.45) is 0. The molecule has 1 atom stereocenters. The van der Waals surface area contributed by atoms with Gasteiger partial charge in [-0.25, -0.2) is 9.18 Å². The van der Waals surface area contributed by atoms with Crippen molar-refractivity contribution in [2.24, 2.45) is 5.73 Å². The minimum absolute atomic E-state index is 0.00579. The monoisotopic (exact) mass is 213 g/mol. The summed E-state index contributed by atoms with van der Waals surface area (Å²) in [7, 11) is 0. The first-order valence-corrected chi connectivity index (χ1v) is 4.47. The van der Waals surface area contributed by atoms with Crippen LogP contribution in [0.25, 0.3) is 0 Å². The van der Waals surface area contributed by atoms with Crippen LogP contribution in [0.5, 0.6) is 5.75 Å². The molecule has 0 aliphatic rings. The van der Waals surface area contributed by atoms with Crippen LogP contribution in [0.1, 0.15) is 18.5 Å². The summed E-state index contributed by atoms with van der Waals surface area (Å²) >= 11 is 0. The molecule has 1 aromatic rings. The van der Waals surface area contributed by atoms with Crippen molar-refractivity contribution in [1.29, 1.82) is 0 Å². The molecule has 0 aromatic heterocycles. The lowest BCUT2D eigenvalue weighted by Crippen LogP contribution is -2.24. The van der Waals surface area contributed by atoms with Crippen LogP contribution in [0.15, 0.2) is 18.2 Å². The Morgan fingerprint density at radius 1 is 1.67 bits per heavy atom. The quantitative estimate of drug-likeness (QED) is 0.737. The van der Waals surface area contributed by atoms with Gasteiger partial charge in [-0.15, -0.1) is 0 Å². The number of phenolic OH excluding ortho intramolecular Hbond substituents is 1. The SMILES string of the molecule is CCOC(=O)C(N)c1ccc(O)cc1F. The van der Waals surface area contributed by atoms with Crippen molar-refractivity contribution in [3.8, 4) is 5.75 Å². The lowest BCUT2D eigenvalue weighted by Gasteiger charge is -2.11. The van der Waals surface area contributed by atoms with Crippen LogP contribution in [-0.2, 0) is 9.53 Å². The molecule has 1 aromatic carbocycles. The first-order chi connectivity index (χ1) is 7.06. The predicted molar refractivity (Wildman–Crippen MR) is 51.6 cm³/mol. The average Bonchev–Trinajstić information content (AvgIpc) is 2.17. The molecule has 3 N–H and O–H groups in total. The molecule has 15 heavy (non-hydrogen) atoms. The van der Waals surface area contributed by atoms with E-state index < -0.39 is 17.8 Å². The summed E-state index contributed by atoms with van der Waals surface area (Å²) in [5, 5.41) is 8.96.